The first-order chi connectivity index (χ1) is 9.78. The van der Waals surface area contributed by atoms with Crippen LogP contribution in [0.1, 0.15) is 24.7 Å². The highest BCUT2D eigenvalue weighted by atomic mass is 32.2. The van der Waals surface area contributed by atoms with Gasteiger partial charge < -0.3 is 5.11 Å². The molecule has 0 bridgehead atoms. The fraction of sp³-hybridized carbons (Fsp3) is 0.467. The first kappa shape index (κ1) is 13.6. The van der Waals surface area contributed by atoms with Crippen molar-refractivity contribution in [2.75, 3.05) is 0 Å². The Hall–Kier alpha value is -1.33. The van der Waals surface area contributed by atoms with Crippen LogP contribution in [0.4, 0.5) is 0 Å². The maximum atomic E-state index is 10.5. The number of hydrogen-bond acceptors (Lipinski definition) is 4. The van der Waals surface area contributed by atoms with Crippen LogP contribution in [0.2, 0.25) is 0 Å². The molecular formula is C15H19N3OS. The van der Waals surface area contributed by atoms with E-state index in [0.29, 0.717) is 6.42 Å². The molecule has 0 spiro atoms. The van der Waals surface area contributed by atoms with Crippen molar-refractivity contribution in [3.05, 3.63) is 42.0 Å². The minimum absolute atomic E-state index is 0.221. The zero-order valence-electron chi connectivity index (χ0n) is 11.6. The summed E-state index contributed by atoms with van der Waals surface area (Å²) in [6.45, 7) is 2.98. The monoisotopic (exact) mass is 289 g/mol. The van der Waals surface area contributed by atoms with E-state index in [2.05, 4.69) is 41.3 Å². The average molecular weight is 289 g/mol. The molecule has 2 atom stereocenters. The number of aliphatic hydroxyl groups is 1. The molecule has 0 amide bonds. The molecule has 2 aromatic rings. The van der Waals surface area contributed by atoms with E-state index in [-0.39, 0.29) is 11.4 Å². The maximum absolute atomic E-state index is 10.5. The van der Waals surface area contributed by atoms with E-state index in [0.717, 1.165) is 25.2 Å². The zero-order chi connectivity index (χ0) is 13.9. The molecule has 4 nitrogen and oxygen atoms in total. The molecule has 1 aliphatic rings. The SMILES string of the molecule is CCCn1ncnc1CC(O)C1Cc2ccccc2S1. The maximum Gasteiger partial charge on any atom is 0.138 e. The molecular weight excluding hydrogens is 270 g/mol. The fourth-order valence-corrected chi connectivity index (χ4v) is 3.89. The van der Waals surface area contributed by atoms with Gasteiger partial charge in [-0.2, -0.15) is 5.10 Å². The standard InChI is InChI=1S/C15H19N3OS/c1-2-7-18-15(16-10-17-18)9-12(19)14-8-11-5-3-4-6-13(11)20-14/h3-6,10,12,14,19H,2,7-9H2,1H3. The molecule has 1 aromatic heterocycles. The van der Waals surface area contributed by atoms with Crippen molar-refractivity contribution >= 4 is 11.8 Å². The Morgan fingerprint density at radius 1 is 1.45 bits per heavy atom. The third-order valence-electron chi connectivity index (χ3n) is 3.62. The number of fused-ring (bicyclic) bond motifs is 1. The number of benzene rings is 1. The number of aryl methyl sites for hydroxylation is 1. The van der Waals surface area contributed by atoms with E-state index in [1.807, 2.05) is 4.68 Å². The molecule has 20 heavy (non-hydrogen) atoms. The number of thioether (sulfide) groups is 1. The number of nitrogens with zero attached hydrogens (tertiary/aromatic N) is 3. The van der Waals surface area contributed by atoms with Gasteiger partial charge in [0.2, 0.25) is 0 Å². The van der Waals surface area contributed by atoms with E-state index in [1.165, 1.54) is 10.5 Å². The predicted octanol–water partition coefficient (Wildman–Crippen LogP) is 2.31. The molecule has 5 heteroatoms. The largest absolute Gasteiger partial charge is 0.391 e. The lowest BCUT2D eigenvalue weighted by atomic mass is 10.0. The third-order valence-corrected chi connectivity index (χ3v) is 5.06. The van der Waals surface area contributed by atoms with Crippen molar-refractivity contribution in [2.24, 2.45) is 0 Å². The summed E-state index contributed by atoms with van der Waals surface area (Å²) in [4.78, 5) is 5.58. The first-order valence-electron chi connectivity index (χ1n) is 7.07. The quantitative estimate of drug-likeness (QED) is 0.917. The fourth-order valence-electron chi connectivity index (χ4n) is 2.59. The minimum atomic E-state index is -0.382. The Bertz CT molecular complexity index is 559. The molecule has 0 saturated carbocycles. The van der Waals surface area contributed by atoms with E-state index < -0.39 is 0 Å². The summed E-state index contributed by atoms with van der Waals surface area (Å²) < 4.78 is 1.90. The summed E-state index contributed by atoms with van der Waals surface area (Å²) in [6, 6.07) is 8.39. The van der Waals surface area contributed by atoms with Crippen LogP contribution in [0, 0.1) is 0 Å². The van der Waals surface area contributed by atoms with E-state index >= 15 is 0 Å². The van der Waals surface area contributed by atoms with Crippen LogP contribution in [0.3, 0.4) is 0 Å². The molecule has 0 radical (unpaired) electrons. The molecule has 0 fully saturated rings. The van der Waals surface area contributed by atoms with Gasteiger partial charge in [-0.25, -0.2) is 4.98 Å². The lowest BCUT2D eigenvalue weighted by Gasteiger charge is -2.16. The van der Waals surface area contributed by atoms with Crippen LogP contribution in [-0.2, 0) is 19.4 Å². The number of aromatic nitrogens is 3. The highest BCUT2D eigenvalue weighted by Crippen LogP contribution is 2.38. The van der Waals surface area contributed by atoms with Crippen LogP contribution in [-0.4, -0.2) is 31.2 Å². The molecule has 1 aromatic carbocycles. The van der Waals surface area contributed by atoms with Crippen LogP contribution in [0.25, 0.3) is 0 Å². The lowest BCUT2D eigenvalue weighted by Crippen LogP contribution is -2.26. The predicted molar refractivity (Wildman–Crippen MR) is 79.8 cm³/mol. The van der Waals surface area contributed by atoms with Gasteiger partial charge in [0.15, 0.2) is 0 Å². The van der Waals surface area contributed by atoms with Crippen LogP contribution >= 0.6 is 11.8 Å². The topological polar surface area (TPSA) is 50.9 Å². The van der Waals surface area contributed by atoms with Crippen molar-refractivity contribution in [1.29, 1.82) is 0 Å². The summed E-state index contributed by atoms with van der Waals surface area (Å²) in [5.74, 6) is 0.885. The zero-order valence-corrected chi connectivity index (χ0v) is 12.4. The Labute approximate surface area is 123 Å². The highest BCUT2D eigenvalue weighted by Gasteiger charge is 2.29. The lowest BCUT2D eigenvalue weighted by molar-refractivity contribution is 0.168. The Morgan fingerprint density at radius 3 is 3.10 bits per heavy atom. The molecule has 106 valence electrons. The Kier molecular flexibility index (Phi) is 4.08. The van der Waals surface area contributed by atoms with Crippen LogP contribution in [0.15, 0.2) is 35.5 Å². The van der Waals surface area contributed by atoms with Gasteiger partial charge >= 0.3 is 0 Å². The van der Waals surface area contributed by atoms with Crippen molar-refractivity contribution in [3.8, 4) is 0 Å². The minimum Gasteiger partial charge on any atom is -0.391 e. The number of hydrogen-bond donors (Lipinski definition) is 1. The molecule has 0 aliphatic carbocycles. The Balaban J connectivity index is 1.66. The highest BCUT2D eigenvalue weighted by molar-refractivity contribution is 8.00. The summed E-state index contributed by atoms with van der Waals surface area (Å²) in [5.41, 5.74) is 1.34. The number of rotatable bonds is 5. The average Bonchev–Trinajstić information content (AvgIpc) is 3.06. The van der Waals surface area contributed by atoms with Gasteiger partial charge in [0.1, 0.15) is 12.2 Å². The van der Waals surface area contributed by atoms with Gasteiger partial charge in [-0.15, -0.1) is 11.8 Å². The van der Waals surface area contributed by atoms with Gasteiger partial charge in [-0.1, -0.05) is 25.1 Å². The van der Waals surface area contributed by atoms with Gasteiger partial charge in [0, 0.05) is 23.1 Å². The molecule has 0 saturated heterocycles. The normalized spacial score (nSPS) is 19.0. The Morgan fingerprint density at radius 2 is 2.30 bits per heavy atom. The third kappa shape index (κ3) is 2.74. The second-order valence-corrected chi connectivity index (χ2v) is 6.42. The second-order valence-electron chi connectivity index (χ2n) is 5.14. The molecule has 2 heterocycles. The van der Waals surface area contributed by atoms with Crippen LogP contribution in [0.5, 0.6) is 0 Å². The summed E-state index contributed by atoms with van der Waals surface area (Å²) in [6.07, 6.45) is 3.73. The van der Waals surface area contributed by atoms with E-state index in [1.54, 1.807) is 18.1 Å². The molecule has 1 aliphatic heterocycles. The van der Waals surface area contributed by atoms with E-state index in [4.69, 9.17) is 0 Å². The molecule has 2 unspecified atom stereocenters. The second kappa shape index (κ2) is 5.97. The van der Waals surface area contributed by atoms with Crippen molar-refractivity contribution in [1.82, 2.24) is 14.8 Å². The molecule has 1 N–H and O–H groups in total. The summed E-state index contributed by atoms with van der Waals surface area (Å²) in [5, 5.41) is 14.9. The van der Waals surface area contributed by atoms with Gasteiger partial charge in [-0.05, 0) is 24.5 Å². The van der Waals surface area contributed by atoms with Crippen molar-refractivity contribution in [3.63, 3.8) is 0 Å². The van der Waals surface area contributed by atoms with Crippen molar-refractivity contribution in [2.45, 2.75) is 49.0 Å². The van der Waals surface area contributed by atoms with E-state index in [9.17, 15) is 5.11 Å². The number of aliphatic hydroxyl groups excluding tert-OH is 1. The summed E-state index contributed by atoms with van der Waals surface area (Å²) in [7, 11) is 0. The van der Waals surface area contributed by atoms with Crippen LogP contribution < -0.4 is 0 Å². The van der Waals surface area contributed by atoms with Crippen molar-refractivity contribution < 1.29 is 5.11 Å². The van der Waals surface area contributed by atoms with Gasteiger partial charge in [0.25, 0.3) is 0 Å². The first-order valence-corrected chi connectivity index (χ1v) is 7.95. The van der Waals surface area contributed by atoms with Gasteiger partial charge in [-0.3, -0.25) is 4.68 Å². The summed E-state index contributed by atoms with van der Waals surface area (Å²) >= 11 is 1.78. The smallest absolute Gasteiger partial charge is 0.138 e. The van der Waals surface area contributed by atoms with Gasteiger partial charge in [0.05, 0.1) is 6.10 Å². The molecule has 3 rings (SSSR count).